The van der Waals surface area contributed by atoms with Gasteiger partial charge in [-0.1, -0.05) is 56.0 Å². The maximum atomic E-state index is 10.7. The zero-order valence-corrected chi connectivity index (χ0v) is 13.4. The fourth-order valence-electron chi connectivity index (χ4n) is 3.55. The first kappa shape index (κ1) is 16.5. The first-order valence-electron chi connectivity index (χ1n) is 8.05. The molecule has 1 unspecified atom stereocenters. The van der Waals surface area contributed by atoms with Crippen molar-refractivity contribution in [2.45, 2.75) is 57.3 Å². The van der Waals surface area contributed by atoms with Gasteiger partial charge in [-0.2, -0.15) is 0 Å². The van der Waals surface area contributed by atoms with Gasteiger partial charge in [-0.25, -0.2) is 8.42 Å². The Hall–Kier alpha value is -0.870. The number of hydrogen-bond acceptors (Lipinski definition) is 3. The molecule has 0 N–H and O–H groups in total. The van der Waals surface area contributed by atoms with Crippen LogP contribution in [0.15, 0.2) is 30.3 Å². The average Bonchev–Trinajstić information content (AvgIpc) is 2.48. The molecule has 0 spiro atoms. The van der Waals surface area contributed by atoms with Gasteiger partial charge in [-0.15, -0.1) is 0 Å². The molecule has 1 aliphatic rings. The van der Waals surface area contributed by atoms with Gasteiger partial charge in [0.05, 0.1) is 10.1 Å². The van der Waals surface area contributed by atoms with E-state index in [9.17, 15) is 13.0 Å². The van der Waals surface area contributed by atoms with Crippen molar-refractivity contribution < 1.29 is 13.0 Å². The number of hydrogen-bond donors (Lipinski definition) is 0. The fraction of sp³-hybridized carbons (Fsp3) is 0.647. The summed E-state index contributed by atoms with van der Waals surface area (Å²) in [6, 6.07) is 10.6. The van der Waals surface area contributed by atoms with E-state index in [-0.39, 0.29) is 5.75 Å². The summed E-state index contributed by atoms with van der Waals surface area (Å²) in [5, 5.41) is 0. The largest absolute Gasteiger partial charge is 0.748 e. The van der Waals surface area contributed by atoms with Gasteiger partial charge in [0.25, 0.3) is 0 Å². The Balaban J connectivity index is 1.95. The van der Waals surface area contributed by atoms with E-state index < -0.39 is 10.1 Å². The van der Waals surface area contributed by atoms with Gasteiger partial charge in [0.15, 0.2) is 0 Å². The lowest BCUT2D eigenvalue weighted by Gasteiger charge is -2.31. The molecule has 21 heavy (non-hydrogen) atoms. The van der Waals surface area contributed by atoms with Crippen molar-refractivity contribution in [2.24, 2.45) is 5.92 Å². The molecule has 0 heterocycles. The molecule has 1 aromatic carbocycles. The third-order valence-corrected chi connectivity index (χ3v) is 5.39. The summed E-state index contributed by atoms with van der Waals surface area (Å²) in [5.74, 6) is 1.00. The topological polar surface area (TPSA) is 57.2 Å². The van der Waals surface area contributed by atoms with Gasteiger partial charge in [-0.05, 0) is 43.1 Å². The molecular formula is C17H25O3S-. The Morgan fingerprint density at radius 1 is 1.05 bits per heavy atom. The van der Waals surface area contributed by atoms with E-state index in [1.807, 2.05) is 6.07 Å². The summed E-state index contributed by atoms with van der Waals surface area (Å²) in [6.45, 7) is 0. The number of unbranched alkanes of at least 4 members (excludes halogenated alkanes) is 1. The summed E-state index contributed by atoms with van der Waals surface area (Å²) in [7, 11) is -4.06. The van der Waals surface area contributed by atoms with Gasteiger partial charge in [0.2, 0.25) is 0 Å². The Labute approximate surface area is 128 Å². The van der Waals surface area contributed by atoms with Gasteiger partial charge in [-0.3, -0.25) is 0 Å². The van der Waals surface area contributed by atoms with Crippen molar-refractivity contribution in [2.75, 3.05) is 5.75 Å². The van der Waals surface area contributed by atoms with Crippen molar-refractivity contribution in [1.82, 2.24) is 0 Å². The molecule has 0 aromatic heterocycles. The van der Waals surface area contributed by atoms with E-state index in [0.29, 0.717) is 18.3 Å². The highest BCUT2D eigenvalue weighted by molar-refractivity contribution is 7.85. The Morgan fingerprint density at radius 2 is 1.71 bits per heavy atom. The summed E-state index contributed by atoms with van der Waals surface area (Å²) in [4.78, 5) is 0. The zero-order valence-electron chi connectivity index (χ0n) is 12.5. The van der Waals surface area contributed by atoms with Crippen molar-refractivity contribution in [3.05, 3.63) is 35.9 Å². The first-order valence-corrected chi connectivity index (χ1v) is 9.62. The van der Waals surface area contributed by atoms with Crippen LogP contribution in [-0.2, 0) is 10.1 Å². The molecule has 3 nitrogen and oxygen atoms in total. The van der Waals surface area contributed by atoms with E-state index in [1.165, 1.54) is 37.7 Å². The van der Waals surface area contributed by atoms with Gasteiger partial charge in [0, 0.05) is 5.75 Å². The lowest BCUT2D eigenvalue weighted by atomic mass is 9.75. The Kier molecular flexibility index (Phi) is 6.24. The van der Waals surface area contributed by atoms with E-state index in [2.05, 4.69) is 24.3 Å². The van der Waals surface area contributed by atoms with E-state index in [0.717, 1.165) is 12.8 Å². The van der Waals surface area contributed by atoms with Crippen LogP contribution in [0.3, 0.4) is 0 Å². The molecule has 118 valence electrons. The summed E-state index contributed by atoms with van der Waals surface area (Å²) >= 11 is 0. The second-order valence-electron chi connectivity index (χ2n) is 6.17. The van der Waals surface area contributed by atoms with E-state index >= 15 is 0 Å². The lowest BCUT2D eigenvalue weighted by molar-refractivity contribution is 0.290. The molecular weight excluding hydrogens is 284 g/mol. The molecule has 1 saturated carbocycles. The van der Waals surface area contributed by atoms with Crippen LogP contribution in [0.1, 0.15) is 62.8 Å². The molecule has 2 rings (SSSR count). The minimum Gasteiger partial charge on any atom is -0.748 e. The van der Waals surface area contributed by atoms with Gasteiger partial charge in [0.1, 0.15) is 0 Å². The predicted octanol–water partition coefficient (Wildman–Crippen LogP) is 4.07. The van der Waals surface area contributed by atoms with Crippen molar-refractivity contribution in [3.8, 4) is 0 Å². The monoisotopic (exact) mass is 309 g/mol. The Morgan fingerprint density at radius 3 is 2.33 bits per heavy atom. The summed E-state index contributed by atoms with van der Waals surface area (Å²) in [6.07, 6.45) is 8.81. The number of rotatable bonds is 7. The second-order valence-corrected chi connectivity index (χ2v) is 7.70. The fourth-order valence-corrected chi connectivity index (χ4v) is 4.11. The molecule has 1 aliphatic carbocycles. The SMILES string of the molecule is O=S(=O)([O-])CCCCC(c1ccccc1)C1CCCCC1. The third kappa shape index (κ3) is 5.79. The summed E-state index contributed by atoms with van der Waals surface area (Å²) in [5.41, 5.74) is 1.37. The molecule has 1 atom stereocenters. The van der Waals surface area contributed by atoms with Gasteiger partial charge < -0.3 is 4.55 Å². The van der Waals surface area contributed by atoms with Crippen LogP contribution >= 0.6 is 0 Å². The molecule has 0 saturated heterocycles. The lowest BCUT2D eigenvalue weighted by Crippen LogP contribution is -2.17. The van der Waals surface area contributed by atoms with Crippen LogP contribution in [0.5, 0.6) is 0 Å². The van der Waals surface area contributed by atoms with Crippen LogP contribution in [0, 0.1) is 5.92 Å². The molecule has 0 bridgehead atoms. The standard InChI is InChI=1S/C17H26O3S/c18-21(19,20)14-8-7-13-17(15-9-3-1-4-10-15)16-11-5-2-6-12-16/h1,3-4,9-10,16-17H,2,5-8,11-14H2,(H,18,19,20)/p-1. The normalized spacial score (nSPS) is 18.5. The minimum absolute atomic E-state index is 0.223. The van der Waals surface area contributed by atoms with Crippen LogP contribution in [-0.4, -0.2) is 18.7 Å². The highest BCUT2D eigenvalue weighted by Gasteiger charge is 2.24. The molecule has 4 heteroatoms. The van der Waals surface area contributed by atoms with Crippen LogP contribution in [0.25, 0.3) is 0 Å². The maximum absolute atomic E-state index is 10.7. The quantitative estimate of drug-likeness (QED) is 0.563. The van der Waals surface area contributed by atoms with Crippen molar-refractivity contribution in [3.63, 3.8) is 0 Å². The second kappa shape index (κ2) is 7.95. The van der Waals surface area contributed by atoms with E-state index in [4.69, 9.17) is 0 Å². The van der Waals surface area contributed by atoms with Crippen molar-refractivity contribution in [1.29, 1.82) is 0 Å². The number of benzene rings is 1. The third-order valence-electron chi connectivity index (χ3n) is 4.61. The van der Waals surface area contributed by atoms with Crippen LogP contribution in [0.2, 0.25) is 0 Å². The smallest absolute Gasteiger partial charge is 0.0945 e. The predicted molar refractivity (Wildman–Crippen MR) is 84.2 cm³/mol. The first-order chi connectivity index (χ1) is 10.1. The highest BCUT2D eigenvalue weighted by Crippen LogP contribution is 2.39. The van der Waals surface area contributed by atoms with E-state index in [1.54, 1.807) is 0 Å². The maximum Gasteiger partial charge on any atom is 0.0945 e. The highest BCUT2D eigenvalue weighted by atomic mass is 32.2. The minimum atomic E-state index is -4.06. The van der Waals surface area contributed by atoms with Crippen molar-refractivity contribution >= 4 is 10.1 Å². The summed E-state index contributed by atoms with van der Waals surface area (Å²) < 4.78 is 32.1. The van der Waals surface area contributed by atoms with Crippen LogP contribution in [0.4, 0.5) is 0 Å². The molecule has 0 radical (unpaired) electrons. The molecule has 0 aliphatic heterocycles. The zero-order chi connectivity index (χ0) is 15.1. The van der Waals surface area contributed by atoms with Gasteiger partial charge >= 0.3 is 0 Å². The molecule has 0 amide bonds. The average molecular weight is 309 g/mol. The Bertz CT molecular complexity index is 504. The van der Waals surface area contributed by atoms with Crippen LogP contribution < -0.4 is 0 Å². The molecule has 1 fully saturated rings. The molecule has 1 aromatic rings.